The Balaban J connectivity index is 0.000000249. The molecule has 14 heavy (non-hydrogen) atoms. The van der Waals surface area contributed by atoms with Gasteiger partial charge in [0.15, 0.2) is 0 Å². The number of hydrogen-bond acceptors (Lipinski definition) is 2. The Kier molecular flexibility index (Phi) is 10.9. The van der Waals surface area contributed by atoms with Crippen molar-refractivity contribution in [2.45, 2.75) is 45.4 Å². The Morgan fingerprint density at radius 1 is 0.786 bits per heavy atom. The molecule has 0 bridgehead atoms. The molecular formula is C12H26O2. The molecule has 0 atom stereocenters. The summed E-state index contributed by atoms with van der Waals surface area (Å²) in [5.74, 6) is 0.519. The van der Waals surface area contributed by atoms with Gasteiger partial charge in [-0.1, -0.05) is 45.4 Å². The largest absolute Gasteiger partial charge is 0.384 e. The zero-order valence-corrected chi connectivity index (χ0v) is 10.1. The SMILES string of the molecule is C1CCCCC1.COCC(C)COC. The van der Waals surface area contributed by atoms with Crippen LogP contribution in [0, 0.1) is 5.92 Å². The van der Waals surface area contributed by atoms with Gasteiger partial charge in [0.25, 0.3) is 0 Å². The predicted molar refractivity (Wildman–Crippen MR) is 60.6 cm³/mol. The Bertz CT molecular complexity index is 83.0. The van der Waals surface area contributed by atoms with Gasteiger partial charge in [0.1, 0.15) is 0 Å². The van der Waals surface area contributed by atoms with E-state index >= 15 is 0 Å². The van der Waals surface area contributed by atoms with Gasteiger partial charge in [-0.2, -0.15) is 0 Å². The number of rotatable bonds is 4. The van der Waals surface area contributed by atoms with Crippen molar-refractivity contribution in [3.63, 3.8) is 0 Å². The molecule has 0 unspecified atom stereocenters. The van der Waals surface area contributed by atoms with Crippen molar-refractivity contribution in [2.75, 3.05) is 27.4 Å². The highest BCUT2D eigenvalue weighted by molar-refractivity contribution is 4.51. The second-order valence-corrected chi connectivity index (χ2v) is 4.14. The van der Waals surface area contributed by atoms with Crippen LogP contribution >= 0.6 is 0 Å². The summed E-state index contributed by atoms with van der Waals surface area (Å²) in [4.78, 5) is 0. The molecule has 0 heterocycles. The Morgan fingerprint density at radius 2 is 1.07 bits per heavy atom. The van der Waals surface area contributed by atoms with Gasteiger partial charge in [0.05, 0.1) is 13.2 Å². The van der Waals surface area contributed by atoms with Crippen LogP contribution in [0.5, 0.6) is 0 Å². The van der Waals surface area contributed by atoms with Crippen LogP contribution in [0.2, 0.25) is 0 Å². The summed E-state index contributed by atoms with van der Waals surface area (Å²) < 4.78 is 9.75. The molecule has 86 valence electrons. The predicted octanol–water partition coefficient (Wildman–Crippen LogP) is 3.26. The van der Waals surface area contributed by atoms with Gasteiger partial charge in [-0.05, 0) is 0 Å². The van der Waals surface area contributed by atoms with E-state index in [2.05, 4.69) is 6.92 Å². The van der Waals surface area contributed by atoms with E-state index in [0.717, 1.165) is 13.2 Å². The van der Waals surface area contributed by atoms with Crippen molar-refractivity contribution < 1.29 is 9.47 Å². The first-order chi connectivity index (χ1) is 6.81. The smallest absolute Gasteiger partial charge is 0.0509 e. The van der Waals surface area contributed by atoms with E-state index < -0.39 is 0 Å². The van der Waals surface area contributed by atoms with Gasteiger partial charge in [-0.25, -0.2) is 0 Å². The third kappa shape index (κ3) is 10.0. The van der Waals surface area contributed by atoms with Crippen LogP contribution in [0.15, 0.2) is 0 Å². The standard InChI is InChI=1S/C6H14O2.C6H12/c1-6(4-7-2)5-8-3;1-2-4-6-5-3-1/h6H,4-5H2,1-3H3;1-6H2. The van der Waals surface area contributed by atoms with Gasteiger partial charge in [-0.3, -0.25) is 0 Å². The lowest BCUT2D eigenvalue weighted by atomic mass is 10.0. The van der Waals surface area contributed by atoms with Crippen LogP contribution in [0.3, 0.4) is 0 Å². The molecule has 0 N–H and O–H groups in total. The van der Waals surface area contributed by atoms with Crippen molar-refractivity contribution >= 4 is 0 Å². The number of hydrogen-bond donors (Lipinski definition) is 0. The second-order valence-electron chi connectivity index (χ2n) is 4.14. The first-order valence-corrected chi connectivity index (χ1v) is 5.79. The molecule has 0 aromatic rings. The average Bonchev–Trinajstić information content (AvgIpc) is 2.22. The molecule has 1 aliphatic rings. The summed E-state index contributed by atoms with van der Waals surface area (Å²) in [6, 6.07) is 0. The summed E-state index contributed by atoms with van der Waals surface area (Å²) in [6.45, 7) is 3.66. The van der Waals surface area contributed by atoms with Crippen LogP contribution < -0.4 is 0 Å². The topological polar surface area (TPSA) is 18.5 Å². The normalized spacial score (nSPS) is 16.3. The maximum absolute atomic E-state index is 4.88. The molecule has 0 aromatic heterocycles. The number of ether oxygens (including phenoxy) is 2. The summed E-state index contributed by atoms with van der Waals surface area (Å²) in [6.07, 6.45) is 9.00. The Morgan fingerprint density at radius 3 is 1.29 bits per heavy atom. The molecule has 0 radical (unpaired) electrons. The average molecular weight is 202 g/mol. The van der Waals surface area contributed by atoms with Crippen molar-refractivity contribution in [2.24, 2.45) is 5.92 Å². The molecule has 0 spiro atoms. The third-order valence-electron chi connectivity index (χ3n) is 2.40. The van der Waals surface area contributed by atoms with Gasteiger partial charge >= 0.3 is 0 Å². The van der Waals surface area contributed by atoms with Crippen LogP contribution in [0.4, 0.5) is 0 Å². The summed E-state index contributed by atoms with van der Waals surface area (Å²) in [5.41, 5.74) is 0. The van der Waals surface area contributed by atoms with Crippen molar-refractivity contribution in [3.05, 3.63) is 0 Å². The van der Waals surface area contributed by atoms with Crippen LogP contribution in [-0.2, 0) is 9.47 Å². The molecule has 0 aliphatic heterocycles. The Hall–Kier alpha value is -0.0800. The van der Waals surface area contributed by atoms with E-state index in [1.54, 1.807) is 14.2 Å². The maximum atomic E-state index is 4.88. The van der Waals surface area contributed by atoms with E-state index in [9.17, 15) is 0 Å². The lowest BCUT2D eigenvalue weighted by Gasteiger charge is -2.06. The number of methoxy groups -OCH3 is 2. The maximum Gasteiger partial charge on any atom is 0.0509 e. The second kappa shape index (κ2) is 11.0. The molecule has 0 saturated heterocycles. The van der Waals surface area contributed by atoms with E-state index in [1.165, 1.54) is 38.5 Å². The molecule has 1 fully saturated rings. The van der Waals surface area contributed by atoms with Crippen LogP contribution in [-0.4, -0.2) is 27.4 Å². The minimum atomic E-state index is 0.519. The Labute approximate surface area is 89.0 Å². The molecular weight excluding hydrogens is 176 g/mol. The molecule has 2 nitrogen and oxygen atoms in total. The van der Waals surface area contributed by atoms with Crippen LogP contribution in [0.25, 0.3) is 0 Å². The minimum absolute atomic E-state index is 0.519. The summed E-state index contributed by atoms with van der Waals surface area (Å²) >= 11 is 0. The summed E-state index contributed by atoms with van der Waals surface area (Å²) in [5, 5.41) is 0. The van der Waals surface area contributed by atoms with E-state index in [4.69, 9.17) is 9.47 Å². The summed E-state index contributed by atoms with van der Waals surface area (Å²) in [7, 11) is 3.40. The van der Waals surface area contributed by atoms with E-state index in [0.29, 0.717) is 5.92 Å². The van der Waals surface area contributed by atoms with Gasteiger partial charge in [-0.15, -0.1) is 0 Å². The van der Waals surface area contributed by atoms with Crippen molar-refractivity contribution in [1.29, 1.82) is 0 Å². The lowest BCUT2D eigenvalue weighted by Crippen LogP contribution is -2.09. The quantitative estimate of drug-likeness (QED) is 0.696. The highest BCUT2D eigenvalue weighted by Crippen LogP contribution is 2.15. The molecule has 0 amide bonds. The van der Waals surface area contributed by atoms with Crippen LogP contribution in [0.1, 0.15) is 45.4 Å². The fraction of sp³-hybridized carbons (Fsp3) is 1.00. The zero-order chi connectivity index (χ0) is 10.6. The van der Waals surface area contributed by atoms with Crippen molar-refractivity contribution in [1.82, 2.24) is 0 Å². The fourth-order valence-electron chi connectivity index (χ4n) is 1.68. The molecule has 1 aliphatic carbocycles. The highest BCUT2D eigenvalue weighted by atomic mass is 16.5. The highest BCUT2D eigenvalue weighted by Gasteiger charge is 1.97. The fourth-order valence-corrected chi connectivity index (χ4v) is 1.68. The third-order valence-corrected chi connectivity index (χ3v) is 2.40. The first-order valence-electron chi connectivity index (χ1n) is 5.79. The van der Waals surface area contributed by atoms with E-state index in [-0.39, 0.29) is 0 Å². The molecule has 1 saturated carbocycles. The molecule has 0 aromatic carbocycles. The first kappa shape index (κ1) is 13.9. The monoisotopic (exact) mass is 202 g/mol. The zero-order valence-electron chi connectivity index (χ0n) is 10.1. The van der Waals surface area contributed by atoms with Gasteiger partial charge in [0.2, 0.25) is 0 Å². The molecule has 2 heteroatoms. The van der Waals surface area contributed by atoms with E-state index in [1.807, 2.05) is 0 Å². The molecule has 1 rings (SSSR count). The van der Waals surface area contributed by atoms with Gasteiger partial charge < -0.3 is 9.47 Å². The minimum Gasteiger partial charge on any atom is -0.384 e. The lowest BCUT2D eigenvalue weighted by molar-refractivity contribution is 0.0933. The van der Waals surface area contributed by atoms with Crippen molar-refractivity contribution in [3.8, 4) is 0 Å². The van der Waals surface area contributed by atoms with Gasteiger partial charge in [0, 0.05) is 20.1 Å².